The first-order valence-corrected chi connectivity index (χ1v) is 7.15. The second-order valence-corrected chi connectivity index (χ2v) is 5.25. The molecule has 0 radical (unpaired) electrons. The average Bonchev–Trinajstić information content (AvgIpc) is 2.24. The van der Waals surface area contributed by atoms with Crippen LogP contribution in [0.25, 0.3) is 0 Å². The van der Waals surface area contributed by atoms with Gasteiger partial charge in [-0.25, -0.2) is 0 Å². The molecule has 88 valence electrons. The quantitative estimate of drug-likeness (QED) is 0.701. The van der Waals surface area contributed by atoms with Crippen LogP contribution in [0, 0.1) is 5.92 Å². The Balaban J connectivity index is 2.15. The Morgan fingerprint density at radius 1 is 1.53 bits per heavy atom. The second kappa shape index (κ2) is 7.12. The van der Waals surface area contributed by atoms with Crippen molar-refractivity contribution in [2.24, 2.45) is 11.7 Å². The third kappa shape index (κ3) is 4.89. The van der Waals surface area contributed by atoms with E-state index in [2.05, 4.69) is 11.6 Å². The molecule has 1 aliphatic carbocycles. The van der Waals surface area contributed by atoms with Gasteiger partial charge in [0.05, 0.1) is 0 Å². The molecule has 2 unspecified atom stereocenters. The van der Waals surface area contributed by atoms with Crippen molar-refractivity contribution in [1.29, 1.82) is 0 Å². The van der Waals surface area contributed by atoms with Crippen LogP contribution in [-0.4, -0.2) is 30.5 Å². The molecule has 4 heteroatoms. The van der Waals surface area contributed by atoms with Gasteiger partial charge in [0.15, 0.2) is 0 Å². The average molecular weight is 230 g/mol. The summed E-state index contributed by atoms with van der Waals surface area (Å²) in [6, 6.07) is 0.237. The Kier molecular flexibility index (Phi) is 6.10. The summed E-state index contributed by atoms with van der Waals surface area (Å²) >= 11 is 1.82. The minimum Gasteiger partial charge on any atom is -0.356 e. The molecule has 0 bridgehead atoms. The lowest BCUT2D eigenvalue weighted by Crippen LogP contribution is -2.38. The van der Waals surface area contributed by atoms with E-state index in [1.807, 2.05) is 11.8 Å². The summed E-state index contributed by atoms with van der Waals surface area (Å²) in [5.41, 5.74) is 5.86. The first-order chi connectivity index (χ1) is 7.24. The maximum Gasteiger partial charge on any atom is 0.223 e. The highest BCUT2D eigenvalue weighted by molar-refractivity contribution is 7.98. The summed E-state index contributed by atoms with van der Waals surface area (Å²) in [4.78, 5) is 11.7. The summed E-state index contributed by atoms with van der Waals surface area (Å²) in [7, 11) is 0. The van der Waals surface area contributed by atoms with Crippen LogP contribution >= 0.6 is 11.8 Å². The fraction of sp³-hybridized carbons (Fsp3) is 0.909. The number of carbonyl (C=O) groups excluding carboxylic acids is 1. The second-order valence-electron chi connectivity index (χ2n) is 4.26. The van der Waals surface area contributed by atoms with Crippen LogP contribution in [0.2, 0.25) is 0 Å². The maximum absolute atomic E-state index is 11.7. The van der Waals surface area contributed by atoms with Gasteiger partial charge in [0, 0.05) is 18.5 Å². The van der Waals surface area contributed by atoms with Gasteiger partial charge in [-0.05, 0) is 37.7 Å². The van der Waals surface area contributed by atoms with Gasteiger partial charge in [0.25, 0.3) is 0 Å². The molecule has 2 atom stereocenters. The number of amides is 1. The van der Waals surface area contributed by atoms with Crippen molar-refractivity contribution < 1.29 is 4.79 Å². The molecular formula is C11H22N2OS. The third-order valence-electron chi connectivity index (χ3n) is 2.91. The third-order valence-corrected chi connectivity index (χ3v) is 3.61. The summed E-state index contributed by atoms with van der Waals surface area (Å²) < 4.78 is 0. The van der Waals surface area contributed by atoms with E-state index in [0.29, 0.717) is 0 Å². The molecule has 0 aromatic rings. The fourth-order valence-electron chi connectivity index (χ4n) is 2.04. The molecule has 0 saturated heterocycles. The van der Waals surface area contributed by atoms with Crippen molar-refractivity contribution in [3.63, 3.8) is 0 Å². The number of nitrogens with two attached hydrogens (primary N) is 1. The Bertz CT molecular complexity index is 199. The summed E-state index contributed by atoms with van der Waals surface area (Å²) in [5, 5.41) is 3.00. The molecule has 0 aromatic carbocycles. The highest BCUT2D eigenvalue weighted by Gasteiger charge is 2.24. The summed E-state index contributed by atoms with van der Waals surface area (Å²) in [5.74, 6) is 1.50. The van der Waals surface area contributed by atoms with Gasteiger partial charge in [-0.2, -0.15) is 11.8 Å². The first kappa shape index (κ1) is 12.8. The van der Waals surface area contributed by atoms with Crippen LogP contribution in [0.3, 0.4) is 0 Å². The summed E-state index contributed by atoms with van der Waals surface area (Å²) in [6.45, 7) is 0.811. The molecule has 1 rings (SSSR count). The molecule has 15 heavy (non-hydrogen) atoms. The van der Waals surface area contributed by atoms with E-state index in [1.165, 1.54) is 0 Å². The molecule has 1 saturated carbocycles. The highest BCUT2D eigenvalue weighted by atomic mass is 32.2. The Hall–Kier alpha value is -0.220. The van der Waals surface area contributed by atoms with Gasteiger partial charge in [-0.3, -0.25) is 4.79 Å². The van der Waals surface area contributed by atoms with Gasteiger partial charge >= 0.3 is 0 Å². The van der Waals surface area contributed by atoms with Gasteiger partial charge in [-0.15, -0.1) is 0 Å². The minimum atomic E-state index is 0.169. The van der Waals surface area contributed by atoms with Crippen LogP contribution in [0.1, 0.15) is 32.1 Å². The van der Waals surface area contributed by atoms with E-state index in [-0.39, 0.29) is 17.9 Å². The zero-order valence-electron chi connectivity index (χ0n) is 9.50. The predicted molar refractivity (Wildman–Crippen MR) is 65.9 cm³/mol. The molecule has 1 amide bonds. The number of thioether (sulfide) groups is 1. The van der Waals surface area contributed by atoms with Gasteiger partial charge < -0.3 is 11.1 Å². The Morgan fingerprint density at radius 2 is 2.33 bits per heavy atom. The predicted octanol–water partition coefficient (Wildman–Crippen LogP) is 1.37. The lowest BCUT2D eigenvalue weighted by Gasteiger charge is -2.25. The fourth-order valence-corrected chi connectivity index (χ4v) is 2.47. The van der Waals surface area contributed by atoms with Crippen molar-refractivity contribution in [2.75, 3.05) is 18.6 Å². The standard InChI is InChI=1S/C11H22N2OS/c1-15-7-3-6-13-11(14)9-4-2-5-10(12)8-9/h9-10H,2-8,12H2,1H3,(H,13,14). The van der Waals surface area contributed by atoms with Crippen LogP contribution in [-0.2, 0) is 4.79 Å². The molecular weight excluding hydrogens is 208 g/mol. The first-order valence-electron chi connectivity index (χ1n) is 5.76. The highest BCUT2D eigenvalue weighted by Crippen LogP contribution is 2.22. The van der Waals surface area contributed by atoms with Crippen molar-refractivity contribution in [3.05, 3.63) is 0 Å². The van der Waals surface area contributed by atoms with Crippen LogP contribution in [0.15, 0.2) is 0 Å². The number of rotatable bonds is 5. The van der Waals surface area contributed by atoms with Gasteiger partial charge in [0.1, 0.15) is 0 Å². The topological polar surface area (TPSA) is 55.1 Å². The molecule has 1 fully saturated rings. The van der Waals surface area contributed by atoms with E-state index in [9.17, 15) is 4.79 Å². The maximum atomic E-state index is 11.7. The van der Waals surface area contributed by atoms with Crippen molar-refractivity contribution >= 4 is 17.7 Å². The van der Waals surface area contributed by atoms with Crippen molar-refractivity contribution in [1.82, 2.24) is 5.32 Å². The molecule has 0 aromatic heterocycles. The lowest BCUT2D eigenvalue weighted by molar-refractivity contribution is -0.126. The molecule has 0 spiro atoms. The van der Waals surface area contributed by atoms with E-state index in [0.717, 1.165) is 44.4 Å². The van der Waals surface area contributed by atoms with E-state index < -0.39 is 0 Å². The minimum absolute atomic E-state index is 0.169. The van der Waals surface area contributed by atoms with Gasteiger partial charge in [0.2, 0.25) is 5.91 Å². The van der Waals surface area contributed by atoms with Crippen LogP contribution < -0.4 is 11.1 Å². The SMILES string of the molecule is CSCCCNC(=O)C1CCCC(N)C1. The monoisotopic (exact) mass is 230 g/mol. The van der Waals surface area contributed by atoms with E-state index in [1.54, 1.807) is 0 Å². The molecule has 0 aliphatic heterocycles. The van der Waals surface area contributed by atoms with Crippen molar-refractivity contribution in [2.45, 2.75) is 38.1 Å². The molecule has 3 N–H and O–H groups in total. The largest absolute Gasteiger partial charge is 0.356 e. The normalized spacial score (nSPS) is 26.3. The zero-order chi connectivity index (χ0) is 11.1. The Morgan fingerprint density at radius 3 is 3.00 bits per heavy atom. The zero-order valence-corrected chi connectivity index (χ0v) is 10.3. The number of carbonyl (C=O) groups is 1. The Labute approximate surface area is 96.6 Å². The molecule has 3 nitrogen and oxygen atoms in total. The van der Waals surface area contributed by atoms with Gasteiger partial charge in [-0.1, -0.05) is 6.42 Å². The molecule has 0 heterocycles. The summed E-state index contributed by atoms with van der Waals surface area (Å²) in [6.07, 6.45) is 7.21. The van der Waals surface area contributed by atoms with Crippen LogP contribution in [0.5, 0.6) is 0 Å². The van der Waals surface area contributed by atoms with Crippen molar-refractivity contribution in [3.8, 4) is 0 Å². The smallest absolute Gasteiger partial charge is 0.223 e. The number of nitrogens with one attached hydrogen (secondary N) is 1. The van der Waals surface area contributed by atoms with E-state index in [4.69, 9.17) is 5.73 Å². The number of hydrogen-bond acceptors (Lipinski definition) is 3. The van der Waals surface area contributed by atoms with Crippen LogP contribution in [0.4, 0.5) is 0 Å². The number of hydrogen-bond donors (Lipinski definition) is 2. The molecule has 1 aliphatic rings. The lowest BCUT2D eigenvalue weighted by atomic mass is 9.85. The van der Waals surface area contributed by atoms with E-state index >= 15 is 0 Å².